The average molecular weight is 216 g/mol. The zero-order valence-electron chi connectivity index (χ0n) is 5.24. The van der Waals surface area contributed by atoms with Crippen LogP contribution in [0.15, 0.2) is 4.63 Å². The van der Waals surface area contributed by atoms with Gasteiger partial charge in [0.25, 0.3) is 0 Å². The maximum absolute atomic E-state index is 10.3. The van der Waals surface area contributed by atoms with Crippen molar-refractivity contribution in [3.8, 4) is 0 Å². The van der Waals surface area contributed by atoms with Gasteiger partial charge < -0.3 is 25.4 Å². The maximum atomic E-state index is 10.3. The molecule has 0 saturated heterocycles. The van der Waals surface area contributed by atoms with Crippen LogP contribution in [0.4, 0.5) is 11.6 Å². The zero-order chi connectivity index (χ0) is 9.30. The number of hydrogen-bond acceptors (Lipinski definition) is 7. The molecule has 0 fully saturated rings. The third-order valence-electron chi connectivity index (χ3n) is 0.920. The molecule has 0 bridgehead atoms. The Labute approximate surface area is 112 Å². The van der Waals surface area contributed by atoms with Gasteiger partial charge in [-0.2, -0.15) is 4.63 Å². The molecule has 0 N–H and O–H groups in total. The molecule has 0 aliphatic heterocycles. The van der Waals surface area contributed by atoms with Gasteiger partial charge in [-0.3, -0.25) is 0 Å². The fraction of sp³-hybridized carbons (Fsp3) is 0. The first kappa shape index (κ1) is 12.4. The molecule has 1 aromatic heterocycles. The first-order valence-corrected chi connectivity index (χ1v) is 2.42. The van der Waals surface area contributed by atoms with E-state index in [2.05, 4.69) is 9.79 Å². The number of nitro groups is 2. The van der Waals surface area contributed by atoms with Crippen molar-refractivity contribution in [3.63, 3.8) is 0 Å². The van der Waals surface area contributed by atoms with Gasteiger partial charge >= 0.3 is 63.0 Å². The minimum absolute atomic E-state index is 0. The molecule has 0 aromatic carbocycles. The summed E-state index contributed by atoms with van der Waals surface area (Å²) in [6.07, 6.45) is 0. The van der Waals surface area contributed by atoms with E-state index >= 15 is 0 Å². The fourth-order valence-electron chi connectivity index (χ4n) is 0.500. The predicted molar refractivity (Wildman–Crippen MR) is 35.9 cm³/mol. The van der Waals surface area contributed by atoms with Crippen LogP contribution in [0, 0.1) is 25.4 Å². The van der Waals surface area contributed by atoms with E-state index in [0.717, 1.165) is 0 Å². The molecule has 0 amide bonds. The first-order chi connectivity index (χ1) is 5.54. The third kappa shape index (κ3) is 2.41. The molecule has 10 nitrogen and oxygen atoms in total. The van der Waals surface area contributed by atoms with Gasteiger partial charge in [-0.05, 0) is 4.92 Å². The van der Waals surface area contributed by atoms with Gasteiger partial charge in [0.15, 0.2) is 5.16 Å². The molecule has 0 radical (unpaired) electrons. The van der Waals surface area contributed by atoms with Crippen molar-refractivity contribution in [3.05, 3.63) is 25.4 Å². The third-order valence-corrected chi connectivity index (χ3v) is 0.920. The Morgan fingerprint density at radius 2 is 1.85 bits per heavy atom. The van der Waals surface area contributed by atoms with Gasteiger partial charge in [-0.1, -0.05) is 0 Å². The second kappa shape index (κ2) is 4.57. The van der Waals surface area contributed by atoms with Crippen molar-refractivity contribution in [2.45, 2.75) is 0 Å². The Morgan fingerprint density at radius 1 is 1.31 bits per heavy atom. The van der Waals surface area contributed by atoms with Gasteiger partial charge in [-0.25, -0.2) is 0 Å². The Kier molecular flexibility index (Phi) is 4.35. The molecule has 1 aromatic rings. The molecule has 1 heterocycles. The molecule has 0 saturated carbocycles. The minimum atomic E-state index is -1.33. The van der Waals surface area contributed by atoms with Gasteiger partial charge in [0.1, 0.15) is 0 Å². The van der Waals surface area contributed by atoms with Gasteiger partial charge in [0, 0.05) is 4.92 Å². The van der Waals surface area contributed by atoms with Crippen LogP contribution in [0.25, 0.3) is 0 Å². The van der Waals surface area contributed by atoms with Crippen LogP contribution in [-0.2, 0) is 0 Å². The van der Waals surface area contributed by atoms with E-state index in [1.54, 1.807) is 0 Å². The van der Waals surface area contributed by atoms with E-state index in [1.807, 2.05) is 0 Å². The summed E-state index contributed by atoms with van der Waals surface area (Å²) in [7, 11) is 0. The summed E-state index contributed by atoms with van der Waals surface area (Å²) in [5.74, 6) is -2.55. The molecule has 11 heteroatoms. The van der Waals surface area contributed by atoms with Crippen LogP contribution in [0.3, 0.4) is 0 Å². The summed E-state index contributed by atoms with van der Waals surface area (Å²) >= 11 is 0. The number of rotatable bonds is 2. The fourth-order valence-corrected chi connectivity index (χ4v) is 0.500. The molecule has 0 aliphatic rings. The molecule has 66 valence electrons. The topological polar surface area (TPSA) is 139 Å². The van der Waals surface area contributed by atoms with Crippen molar-refractivity contribution >= 4 is 63.0 Å². The summed E-state index contributed by atoms with van der Waals surface area (Å²) in [4.78, 5) is 16.9. The van der Waals surface area contributed by atoms with Crippen LogP contribution in [-0.4, -0.2) is 66.4 Å². The standard InChI is InChI=1S/C2N4O6.K.H/c7-4(8)1-2(5(9)10)6(11)12-3-1;;. The van der Waals surface area contributed by atoms with Gasteiger partial charge in [0.05, 0.1) is 4.90 Å². The van der Waals surface area contributed by atoms with Gasteiger partial charge in [0.2, 0.25) is 0 Å². The summed E-state index contributed by atoms with van der Waals surface area (Å²) in [6.45, 7) is 0. The Morgan fingerprint density at radius 3 is 2.15 bits per heavy atom. The Balaban J connectivity index is 0.00000144. The van der Waals surface area contributed by atoms with Crippen LogP contribution >= 0.6 is 0 Å². The van der Waals surface area contributed by atoms with Crippen molar-refractivity contribution in [2.24, 2.45) is 0 Å². The van der Waals surface area contributed by atoms with Crippen molar-refractivity contribution in [1.82, 2.24) is 5.16 Å². The van der Waals surface area contributed by atoms with Crippen LogP contribution in [0.1, 0.15) is 0 Å². The second-order valence-electron chi connectivity index (χ2n) is 1.59. The van der Waals surface area contributed by atoms with Crippen LogP contribution < -0.4 is 4.90 Å². The Hall–Kier alpha value is -0.624. The average Bonchev–Trinajstić information content (AvgIpc) is 2.30. The van der Waals surface area contributed by atoms with Crippen LogP contribution in [0.2, 0.25) is 0 Å². The van der Waals surface area contributed by atoms with Gasteiger partial charge in [-0.15, -0.1) is 0 Å². The van der Waals surface area contributed by atoms with Crippen molar-refractivity contribution in [2.75, 3.05) is 0 Å². The molecule has 0 spiro atoms. The van der Waals surface area contributed by atoms with E-state index in [9.17, 15) is 25.4 Å². The van der Waals surface area contributed by atoms with E-state index in [4.69, 9.17) is 0 Å². The molecular formula is C2HKN4O6. The van der Waals surface area contributed by atoms with E-state index in [0.29, 0.717) is 0 Å². The molecule has 0 unspecified atom stereocenters. The zero-order valence-corrected chi connectivity index (χ0v) is 5.24. The predicted octanol–water partition coefficient (Wildman–Crippen LogP) is -1.52. The normalized spacial score (nSPS) is 8.92. The first-order valence-electron chi connectivity index (χ1n) is 2.42. The molecule has 0 atom stereocenters. The van der Waals surface area contributed by atoms with E-state index in [1.165, 1.54) is 0 Å². The summed E-state index contributed by atoms with van der Waals surface area (Å²) in [6, 6.07) is 0. The monoisotopic (exact) mass is 216 g/mol. The number of aromatic nitrogens is 2. The molecule has 13 heavy (non-hydrogen) atoms. The Bertz CT molecular complexity index is 346. The summed E-state index contributed by atoms with van der Waals surface area (Å²) in [5, 5.41) is 32.9. The molecule has 0 aliphatic carbocycles. The second-order valence-corrected chi connectivity index (χ2v) is 1.59. The quantitative estimate of drug-likeness (QED) is 0.253. The van der Waals surface area contributed by atoms with Crippen molar-refractivity contribution in [1.29, 1.82) is 0 Å². The summed E-state index contributed by atoms with van der Waals surface area (Å²) < 4.78 is 3.65. The van der Waals surface area contributed by atoms with E-state index < -0.39 is 26.4 Å². The number of nitrogens with zero attached hydrogens (tertiary/aromatic N) is 4. The number of hydrogen-bond donors (Lipinski definition) is 0. The SMILES string of the molecule is O=[N+]([O-])c1no[n+]([O-])c1[N+](=O)[O-].[KH]. The van der Waals surface area contributed by atoms with Crippen molar-refractivity contribution < 1.29 is 19.4 Å². The summed E-state index contributed by atoms with van der Waals surface area (Å²) in [5.41, 5.74) is 0. The van der Waals surface area contributed by atoms with E-state index in [-0.39, 0.29) is 51.4 Å². The van der Waals surface area contributed by atoms with Crippen LogP contribution in [0.5, 0.6) is 0 Å². The molecule has 1 rings (SSSR count). The molecular weight excluding hydrogens is 215 g/mol.